The summed E-state index contributed by atoms with van der Waals surface area (Å²) >= 11 is 1.41. The van der Waals surface area contributed by atoms with Crippen LogP contribution in [0.15, 0.2) is 30.3 Å². The quantitative estimate of drug-likeness (QED) is 0.749. The van der Waals surface area contributed by atoms with E-state index in [1.807, 2.05) is 44.2 Å². The van der Waals surface area contributed by atoms with Crippen molar-refractivity contribution in [2.24, 2.45) is 0 Å². The number of anilines is 1. The van der Waals surface area contributed by atoms with Crippen LogP contribution in [-0.4, -0.2) is 24.1 Å². The van der Waals surface area contributed by atoms with Gasteiger partial charge in [0.1, 0.15) is 5.00 Å². The maximum Gasteiger partial charge on any atom is 0.341 e. The molecule has 1 aromatic carbocycles. The number of hydrogen-bond acceptors (Lipinski definition) is 5. The summed E-state index contributed by atoms with van der Waals surface area (Å²) in [6.45, 7) is 6.52. The lowest BCUT2D eigenvalue weighted by atomic mass is 9.93. The Bertz CT molecular complexity index is 826. The van der Waals surface area contributed by atoms with E-state index in [0.717, 1.165) is 16.0 Å². The van der Waals surface area contributed by atoms with E-state index in [2.05, 4.69) is 5.32 Å². The Morgan fingerprint density at radius 1 is 1.26 bits per heavy atom. The number of benzene rings is 1. The van der Waals surface area contributed by atoms with Gasteiger partial charge >= 0.3 is 5.97 Å². The molecule has 0 bridgehead atoms. The molecule has 2 aromatic rings. The number of fused-ring (bicyclic) bond motifs is 1. The van der Waals surface area contributed by atoms with Crippen LogP contribution in [0.25, 0.3) is 0 Å². The molecule has 0 aliphatic carbocycles. The van der Waals surface area contributed by atoms with Crippen molar-refractivity contribution in [3.63, 3.8) is 0 Å². The molecular weight excluding hydrogens is 362 g/mol. The van der Waals surface area contributed by atoms with Crippen molar-refractivity contribution in [1.29, 1.82) is 0 Å². The first-order chi connectivity index (χ1) is 12.9. The second-order valence-corrected chi connectivity index (χ2v) is 8.29. The molecule has 1 aliphatic heterocycles. The maximum absolute atomic E-state index is 12.6. The van der Waals surface area contributed by atoms with Crippen LogP contribution in [0.3, 0.4) is 0 Å². The second-order valence-electron chi connectivity index (χ2n) is 7.19. The lowest BCUT2D eigenvalue weighted by Gasteiger charge is -2.30. The van der Waals surface area contributed by atoms with Crippen LogP contribution in [-0.2, 0) is 33.7 Å². The Labute approximate surface area is 163 Å². The van der Waals surface area contributed by atoms with Crippen LogP contribution in [0.1, 0.15) is 53.6 Å². The third kappa shape index (κ3) is 4.76. The predicted molar refractivity (Wildman–Crippen MR) is 106 cm³/mol. The summed E-state index contributed by atoms with van der Waals surface area (Å²) in [5.74, 6) is -0.491. The molecule has 0 saturated carbocycles. The van der Waals surface area contributed by atoms with Crippen molar-refractivity contribution in [2.45, 2.75) is 52.2 Å². The van der Waals surface area contributed by atoms with Crippen molar-refractivity contribution in [3.8, 4) is 0 Å². The minimum absolute atomic E-state index is 0.108. The highest BCUT2D eigenvalue weighted by Crippen LogP contribution is 2.40. The zero-order valence-corrected chi connectivity index (χ0v) is 16.8. The Balaban J connectivity index is 1.79. The lowest BCUT2D eigenvalue weighted by Crippen LogP contribution is -2.32. The van der Waals surface area contributed by atoms with Crippen LogP contribution < -0.4 is 5.32 Å². The molecule has 1 aromatic heterocycles. The molecule has 2 heterocycles. The summed E-state index contributed by atoms with van der Waals surface area (Å²) in [4.78, 5) is 26.0. The standard InChI is InChI=1S/C21H25NO4S/c1-4-25-20(24)18-15-12-21(2,3)26-13-16(15)27-19(18)22-17(23)11-10-14-8-6-5-7-9-14/h5-9H,4,10-13H2,1-3H3,(H,22,23). The number of rotatable bonds is 6. The fourth-order valence-corrected chi connectivity index (χ4v) is 4.29. The van der Waals surface area contributed by atoms with Crippen molar-refractivity contribution in [2.75, 3.05) is 11.9 Å². The SMILES string of the molecule is CCOC(=O)c1c(NC(=O)CCc2ccccc2)sc2c1CC(C)(C)OC2. The monoisotopic (exact) mass is 387 g/mol. The van der Waals surface area contributed by atoms with Gasteiger partial charge in [-0.2, -0.15) is 0 Å². The zero-order chi connectivity index (χ0) is 19.4. The number of ether oxygens (including phenoxy) is 2. The molecule has 0 unspecified atom stereocenters. The Hall–Kier alpha value is -2.18. The van der Waals surface area contributed by atoms with Crippen molar-refractivity contribution >= 4 is 28.2 Å². The van der Waals surface area contributed by atoms with Gasteiger partial charge in [0, 0.05) is 17.7 Å². The number of nitrogens with one attached hydrogen (secondary N) is 1. The van der Waals surface area contributed by atoms with Gasteiger partial charge in [0.25, 0.3) is 0 Å². The highest BCUT2D eigenvalue weighted by Gasteiger charge is 2.34. The largest absolute Gasteiger partial charge is 0.462 e. The number of aryl methyl sites for hydroxylation is 1. The van der Waals surface area contributed by atoms with Gasteiger partial charge in [-0.1, -0.05) is 30.3 Å². The van der Waals surface area contributed by atoms with Gasteiger partial charge in [0.05, 0.1) is 24.4 Å². The maximum atomic E-state index is 12.6. The minimum atomic E-state index is -0.383. The van der Waals surface area contributed by atoms with Crippen LogP contribution >= 0.6 is 11.3 Å². The van der Waals surface area contributed by atoms with Crippen LogP contribution in [0, 0.1) is 0 Å². The Kier molecular flexibility index (Phi) is 5.97. The highest BCUT2D eigenvalue weighted by molar-refractivity contribution is 7.17. The third-order valence-electron chi connectivity index (χ3n) is 4.50. The summed E-state index contributed by atoms with van der Waals surface area (Å²) in [7, 11) is 0. The third-order valence-corrected chi connectivity index (χ3v) is 5.62. The molecule has 1 aliphatic rings. The molecule has 0 fully saturated rings. The summed E-state index contributed by atoms with van der Waals surface area (Å²) in [6.07, 6.45) is 1.63. The Morgan fingerprint density at radius 3 is 2.70 bits per heavy atom. The van der Waals surface area contributed by atoms with Crippen molar-refractivity contribution in [3.05, 3.63) is 51.9 Å². The first-order valence-electron chi connectivity index (χ1n) is 9.19. The normalized spacial score (nSPS) is 15.1. The number of amides is 1. The molecule has 3 rings (SSSR count). The van der Waals surface area contributed by atoms with Gasteiger partial charge in [-0.3, -0.25) is 4.79 Å². The predicted octanol–water partition coefficient (Wildman–Crippen LogP) is 4.35. The number of esters is 1. The van der Waals surface area contributed by atoms with Crippen LogP contribution in [0.4, 0.5) is 5.00 Å². The number of hydrogen-bond donors (Lipinski definition) is 1. The van der Waals surface area contributed by atoms with Gasteiger partial charge in [0.2, 0.25) is 5.91 Å². The fourth-order valence-electron chi connectivity index (χ4n) is 3.15. The summed E-state index contributed by atoms with van der Waals surface area (Å²) in [5, 5.41) is 3.50. The number of thiophene rings is 1. The zero-order valence-electron chi connectivity index (χ0n) is 16.0. The molecule has 5 nitrogen and oxygen atoms in total. The number of carbonyl (C=O) groups excluding carboxylic acids is 2. The van der Waals surface area contributed by atoms with Gasteiger partial charge in [0.15, 0.2) is 0 Å². The van der Waals surface area contributed by atoms with Gasteiger partial charge in [-0.25, -0.2) is 4.79 Å². The van der Waals surface area contributed by atoms with E-state index in [4.69, 9.17) is 9.47 Å². The molecule has 0 atom stereocenters. The fraction of sp³-hybridized carbons (Fsp3) is 0.429. The summed E-state index contributed by atoms with van der Waals surface area (Å²) < 4.78 is 11.1. The van der Waals surface area contributed by atoms with E-state index in [1.54, 1.807) is 6.92 Å². The summed E-state index contributed by atoms with van der Waals surface area (Å²) in [6, 6.07) is 9.87. The second kappa shape index (κ2) is 8.23. The molecule has 0 radical (unpaired) electrons. The van der Waals surface area contributed by atoms with E-state index < -0.39 is 0 Å². The van der Waals surface area contributed by atoms with E-state index in [-0.39, 0.29) is 17.5 Å². The minimum Gasteiger partial charge on any atom is -0.462 e. The van der Waals surface area contributed by atoms with Crippen LogP contribution in [0.5, 0.6) is 0 Å². The molecule has 144 valence electrons. The van der Waals surface area contributed by atoms with Crippen LogP contribution in [0.2, 0.25) is 0 Å². The topological polar surface area (TPSA) is 64.6 Å². The highest BCUT2D eigenvalue weighted by atomic mass is 32.1. The van der Waals surface area contributed by atoms with E-state index in [0.29, 0.717) is 43.0 Å². The number of carbonyl (C=O) groups is 2. The first kappa shape index (κ1) is 19.6. The van der Waals surface area contributed by atoms with E-state index in [9.17, 15) is 9.59 Å². The van der Waals surface area contributed by atoms with Gasteiger partial charge in [-0.15, -0.1) is 11.3 Å². The van der Waals surface area contributed by atoms with E-state index in [1.165, 1.54) is 11.3 Å². The smallest absolute Gasteiger partial charge is 0.341 e. The molecule has 0 spiro atoms. The molecule has 1 N–H and O–H groups in total. The molecule has 0 saturated heterocycles. The van der Waals surface area contributed by atoms with Gasteiger partial charge in [-0.05, 0) is 38.3 Å². The lowest BCUT2D eigenvalue weighted by molar-refractivity contribution is -0.116. The molecule has 1 amide bonds. The first-order valence-corrected chi connectivity index (χ1v) is 10.0. The van der Waals surface area contributed by atoms with Crippen molar-refractivity contribution < 1.29 is 19.1 Å². The molecular formula is C21H25NO4S. The molecule has 27 heavy (non-hydrogen) atoms. The molecule has 6 heteroatoms. The average molecular weight is 388 g/mol. The Morgan fingerprint density at radius 2 is 2.00 bits per heavy atom. The summed E-state index contributed by atoms with van der Waals surface area (Å²) in [5.41, 5.74) is 2.19. The van der Waals surface area contributed by atoms with Crippen molar-refractivity contribution in [1.82, 2.24) is 0 Å². The van der Waals surface area contributed by atoms with Gasteiger partial charge < -0.3 is 14.8 Å². The van der Waals surface area contributed by atoms with E-state index >= 15 is 0 Å². The average Bonchev–Trinajstić information content (AvgIpc) is 2.97.